The van der Waals surface area contributed by atoms with Gasteiger partial charge < -0.3 is 5.32 Å². The zero-order valence-corrected chi connectivity index (χ0v) is 12.0. The summed E-state index contributed by atoms with van der Waals surface area (Å²) in [5, 5.41) is 7.69. The van der Waals surface area contributed by atoms with Gasteiger partial charge in [0.05, 0.1) is 0 Å². The molecule has 2 aromatic heterocycles. The van der Waals surface area contributed by atoms with Gasteiger partial charge in [-0.25, -0.2) is 8.91 Å². The van der Waals surface area contributed by atoms with Crippen molar-refractivity contribution in [3.05, 3.63) is 59.5 Å². The van der Waals surface area contributed by atoms with Gasteiger partial charge in [0.2, 0.25) is 5.95 Å². The number of aryl methyl sites for hydroxylation is 1. The highest BCUT2D eigenvalue weighted by Gasteiger charge is 2.09. The average molecular weight is 284 g/mol. The normalized spacial score (nSPS) is 12.5. The molecule has 1 atom stereocenters. The summed E-state index contributed by atoms with van der Waals surface area (Å²) in [6.07, 6.45) is 2.67. The van der Waals surface area contributed by atoms with Gasteiger partial charge in [-0.15, -0.1) is 5.10 Å². The Labute approximate surface area is 122 Å². The highest BCUT2D eigenvalue weighted by molar-refractivity contribution is 5.50. The molecule has 0 radical (unpaired) electrons. The number of aromatic nitrogens is 3. The third-order valence-electron chi connectivity index (χ3n) is 3.39. The topological polar surface area (TPSA) is 42.2 Å². The number of fused-ring (bicyclic) bond motifs is 1. The van der Waals surface area contributed by atoms with Gasteiger partial charge in [0.25, 0.3) is 0 Å². The second-order valence-electron chi connectivity index (χ2n) is 5.27. The summed E-state index contributed by atoms with van der Waals surface area (Å²) in [7, 11) is 0. The molecule has 0 saturated carbocycles. The molecule has 21 heavy (non-hydrogen) atoms. The summed E-state index contributed by atoms with van der Waals surface area (Å²) in [6, 6.07) is 10.7. The Morgan fingerprint density at radius 2 is 2.00 bits per heavy atom. The first kappa shape index (κ1) is 13.5. The summed E-state index contributed by atoms with van der Waals surface area (Å²) in [5.74, 6) is 0.399. The van der Waals surface area contributed by atoms with Crippen LogP contribution >= 0.6 is 0 Å². The number of rotatable bonds is 4. The fourth-order valence-electron chi connectivity index (χ4n) is 2.35. The average Bonchev–Trinajstić information content (AvgIpc) is 2.85. The van der Waals surface area contributed by atoms with E-state index in [9.17, 15) is 4.39 Å². The lowest BCUT2D eigenvalue weighted by molar-refractivity contribution is 0.626. The predicted octanol–water partition coefficient (Wildman–Crippen LogP) is 3.22. The minimum absolute atomic E-state index is 0.160. The Kier molecular flexibility index (Phi) is 3.56. The molecule has 0 aliphatic carbocycles. The first-order valence-electron chi connectivity index (χ1n) is 6.95. The summed E-state index contributed by atoms with van der Waals surface area (Å²) in [4.78, 5) is 4.49. The second-order valence-corrected chi connectivity index (χ2v) is 5.27. The Hall–Kier alpha value is -2.43. The van der Waals surface area contributed by atoms with Crippen molar-refractivity contribution in [3.8, 4) is 0 Å². The molecule has 4 nitrogen and oxygen atoms in total. The van der Waals surface area contributed by atoms with Crippen molar-refractivity contribution in [2.45, 2.75) is 26.3 Å². The van der Waals surface area contributed by atoms with Crippen LogP contribution in [0.2, 0.25) is 0 Å². The smallest absolute Gasteiger partial charge is 0.243 e. The summed E-state index contributed by atoms with van der Waals surface area (Å²) >= 11 is 0. The fourth-order valence-corrected chi connectivity index (χ4v) is 2.35. The zero-order valence-electron chi connectivity index (χ0n) is 12.0. The van der Waals surface area contributed by atoms with Crippen LogP contribution in [0.15, 0.2) is 42.6 Å². The minimum atomic E-state index is -0.211. The lowest BCUT2D eigenvalue weighted by Gasteiger charge is -2.12. The van der Waals surface area contributed by atoms with Crippen molar-refractivity contribution in [1.29, 1.82) is 0 Å². The fraction of sp³-hybridized carbons (Fsp3) is 0.250. The van der Waals surface area contributed by atoms with E-state index in [4.69, 9.17) is 0 Å². The number of hydrogen-bond donors (Lipinski definition) is 1. The number of pyridine rings is 1. The minimum Gasteiger partial charge on any atom is -0.350 e. The first-order chi connectivity index (χ1) is 10.1. The van der Waals surface area contributed by atoms with Crippen LogP contribution in [0.4, 0.5) is 10.3 Å². The highest BCUT2D eigenvalue weighted by Crippen LogP contribution is 2.12. The molecule has 1 unspecified atom stereocenters. The Morgan fingerprint density at radius 3 is 2.71 bits per heavy atom. The largest absolute Gasteiger partial charge is 0.350 e. The number of nitrogens with zero attached hydrogens (tertiary/aromatic N) is 3. The molecule has 3 aromatic rings. The molecule has 0 fully saturated rings. The molecule has 0 saturated heterocycles. The van der Waals surface area contributed by atoms with E-state index < -0.39 is 0 Å². The quantitative estimate of drug-likeness (QED) is 0.800. The Morgan fingerprint density at radius 1 is 1.24 bits per heavy atom. The summed E-state index contributed by atoms with van der Waals surface area (Å²) in [6.45, 7) is 4.07. The summed E-state index contributed by atoms with van der Waals surface area (Å²) in [5.41, 5.74) is 3.02. The molecule has 2 heterocycles. The van der Waals surface area contributed by atoms with Crippen molar-refractivity contribution in [2.75, 3.05) is 5.32 Å². The van der Waals surface area contributed by atoms with Crippen LogP contribution in [0.5, 0.6) is 0 Å². The predicted molar refractivity (Wildman–Crippen MR) is 80.9 cm³/mol. The van der Waals surface area contributed by atoms with E-state index in [2.05, 4.69) is 22.3 Å². The van der Waals surface area contributed by atoms with E-state index in [1.807, 2.05) is 25.3 Å². The molecule has 0 bridgehead atoms. The summed E-state index contributed by atoms with van der Waals surface area (Å²) < 4.78 is 14.7. The molecule has 0 amide bonds. The van der Waals surface area contributed by atoms with Crippen LogP contribution in [0, 0.1) is 12.7 Å². The van der Waals surface area contributed by atoms with Gasteiger partial charge in [0, 0.05) is 12.2 Å². The second kappa shape index (κ2) is 5.52. The van der Waals surface area contributed by atoms with Crippen molar-refractivity contribution >= 4 is 11.6 Å². The SMILES string of the molecule is Cc1cccn2nc(NC(C)Cc3ccc(F)cc3)nc12. The van der Waals surface area contributed by atoms with E-state index in [-0.39, 0.29) is 11.9 Å². The highest BCUT2D eigenvalue weighted by atomic mass is 19.1. The van der Waals surface area contributed by atoms with Crippen molar-refractivity contribution in [3.63, 3.8) is 0 Å². The molecule has 3 rings (SSSR count). The Bertz CT molecular complexity index is 749. The lowest BCUT2D eigenvalue weighted by atomic mass is 10.1. The first-order valence-corrected chi connectivity index (χ1v) is 6.95. The van der Waals surface area contributed by atoms with Gasteiger partial charge in [-0.1, -0.05) is 18.2 Å². The van der Waals surface area contributed by atoms with Gasteiger partial charge in [0.15, 0.2) is 5.65 Å². The molecule has 0 spiro atoms. The third-order valence-corrected chi connectivity index (χ3v) is 3.39. The maximum Gasteiger partial charge on any atom is 0.243 e. The van der Waals surface area contributed by atoms with Crippen LogP contribution in [-0.2, 0) is 6.42 Å². The number of benzene rings is 1. The van der Waals surface area contributed by atoms with Crippen molar-refractivity contribution in [2.24, 2.45) is 0 Å². The molecule has 0 aliphatic rings. The standard InChI is InChI=1S/C16H17FN4/c1-11-4-3-9-21-15(11)19-16(20-21)18-12(2)10-13-5-7-14(17)8-6-13/h3-9,12H,10H2,1-2H3,(H,18,20). The van der Waals surface area contributed by atoms with Crippen LogP contribution < -0.4 is 5.32 Å². The van der Waals surface area contributed by atoms with Crippen LogP contribution in [0.1, 0.15) is 18.1 Å². The number of anilines is 1. The van der Waals surface area contributed by atoms with Crippen molar-refractivity contribution < 1.29 is 4.39 Å². The molecule has 1 aromatic carbocycles. The molecular formula is C16H17FN4. The molecule has 1 N–H and O–H groups in total. The van der Waals surface area contributed by atoms with Gasteiger partial charge in [-0.3, -0.25) is 0 Å². The monoisotopic (exact) mass is 284 g/mol. The van der Waals surface area contributed by atoms with Gasteiger partial charge in [0.1, 0.15) is 5.82 Å². The van der Waals surface area contributed by atoms with Gasteiger partial charge in [-0.05, 0) is 49.6 Å². The number of nitrogens with one attached hydrogen (secondary N) is 1. The lowest BCUT2D eigenvalue weighted by Crippen LogP contribution is -2.19. The van der Waals surface area contributed by atoms with Crippen LogP contribution in [-0.4, -0.2) is 20.6 Å². The molecular weight excluding hydrogens is 267 g/mol. The number of halogens is 1. The maximum absolute atomic E-state index is 12.9. The van der Waals surface area contributed by atoms with E-state index >= 15 is 0 Å². The van der Waals surface area contributed by atoms with E-state index in [1.54, 1.807) is 16.6 Å². The van der Waals surface area contributed by atoms with Crippen LogP contribution in [0.3, 0.4) is 0 Å². The van der Waals surface area contributed by atoms with E-state index in [0.717, 1.165) is 23.2 Å². The van der Waals surface area contributed by atoms with Crippen LogP contribution in [0.25, 0.3) is 5.65 Å². The molecule has 5 heteroatoms. The molecule has 108 valence electrons. The van der Waals surface area contributed by atoms with E-state index in [0.29, 0.717) is 5.95 Å². The zero-order chi connectivity index (χ0) is 14.8. The maximum atomic E-state index is 12.9. The van der Waals surface area contributed by atoms with Crippen molar-refractivity contribution in [1.82, 2.24) is 14.6 Å². The van der Waals surface area contributed by atoms with E-state index in [1.165, 1.54) is 12.1 Å². The number of hydrogen-bond acceptors (Lipinski definition) is 3. The van der Waals surface area contributed by atoms with Gasteiger partial charge >= 0.3 is 0 Å². The molecule has 0 aliphatic heterocycles. The van der Waals surface area contributed by atoms with Gasteiger partial charge in [-0.2, -0.15) is 4.98 Å². The Balaban J connectivity index is 1.72. The third kappa shape index (κ3) is 3.02.